The van der Waals surface area contributed by atoms with Gasteiger partial charge in [0.25, 0.3) is 0 Å². The fraction of sp³-hybridized carbons (Fsp3) is 1.00. The summed E-state index contributed by atoms with van der Waals surface area (Å²) in [4.78, 5) is 0. The molecule has 0 aromatic heterocycles. The zero-order valence-electron chi connectivity index (χ0n) is 17.6. The van der Waals surface area contributed by atoms with E-state index in [-0.39, 0.29) is 17.0 Å². The van der Waals surface area contributed by atoms with Gasteiger partial charge >= 0.3 is 0 Å². The number of hydrogen-bond acceptors (Lipinski definition) is 0. The van der Waals surface area contributed by atoms with Gasteiger partial charge in [0.2, 0.25) is 0 Å². The molecule has 0 saturated heterocycles. The van der Waals surface area contributed by atoms with Gasteiger partial charge < -0.3 is 17.0 Å². The predicted octanol–water partition coefficient (Wildman–Crippen LogP) is 5.92. The van der Waals surface area contributed by atoms with E-state index in [9.17, 15) is 0 Å². The van der Waals surface area contributed by atoms with Gasteiger partial charge in [-0.1, -0.05) is 88.1 Å². The maximum atomic E-state index is 3.53. The van der Waals surface area contributed by atoms with Crippen LogP contribution in [0.15, 0.2) is 0 Å². The summed E-state index contributed by atoms with van der Waals surface area (Å²) in [7, 11) is -0.621. The molecule has 0 atom stereocenters. The van der Waals surface area contributed by atoms with Crippen LogP contribution >= 0.6 is 23.2 Å². The normalized spacial score (nSPS) is 11.5. The average molecular weight is 502 g/mol. The van der Waals surface area contributed by atoms with Crippen molar-refractivity contribution in [2.45, 2.75) is 111 Å². The first-order valence-corrected chi connectivity index (χ1v) is 14.8. The Kier molecular flexibility index (Phi) is 24.8. The van der Waals surface area contributed by atoms with Crippen LogP contribution in [-0.4, -0.2) is 30.0 Å². The largest absolute Gasteiger partial charge is 1.00 e. The van der Waals surface area contributed by atoms with Gasteiger partial charge in [-0.2, -0.15) is 0 Å². The highest BCUT2D eigenvalue weighted by Gasteiger charge is 2.34. The van der Waals surface area contributed by atoms with E-state index in [0.717, 1.165) is 0 Å². The topological polar surface area (TPSA) is 0 Å². The molecule has 3 heteroatoms. The third kappa shape index (κ3) is 17.2. The highest BCUT2D eigenvalue weighted by Crippen LogP contribution is 2.61. The minimum atomic E-state index is -0.621. The van der Waals surface area contributed by atoms with Crippen LogP contribution in [-0.2, 0) is 0 Å². The second kappa shape index (κ2) is 21.7. The Hall–Kier alpha value is 1.39. The molecule has 0 radical (unpaired) electrons. The Morgan fingerprint density at radius 1 is 0.480 bits per heavy atom. The molecule has 0 aromatic carbocycles. The molecule has 0 amide bonds. The molecule has 0 heterocycles. The molecule has 0 N–H and O–H groups in total. The Morgan fingerprint density at radius 3 is 1.16 bits per heavy atom. The molecule has 0 unspecified atom stereocenters. The third-order valence-electron chi connectivity index (χ3n) is 5.47. The maximum Gasteiger partial charge on any atom is 0.0594 e. The molecule has 0 fully saturated rings. The summed E-state index contributed by atoms with van der Waals surface area (Å²) in [6.45, 7) is 7.14. The van der Waals surface area contributed by atoms with Crippen LogP contribution in [0.3, 0.4) is 0 Å². The quantitative estimate of drug-likeness (QED) is 0.117. The van der Waals surface area contributed by atoms with E-state index in [0.29, 0.717) is 0 Å². The Morgan fingerprint density at radius 2 is 0.800 bits per heavy atom. The molecule has 0 aliphatic carbocycles. The number of unbranched alkanes of at least 4 members (excludes halogenated alkanes) is 10. The van der Waals surface area contributed by atoms with E-state index in [1.54, 1.807) is 24.6 Å². The van der Waals surface area contributed by atoms with Crippen molar-refractivity contribution in [3.05, 3.63) is 0 Å². The Balaban J connectivity index is 0. The second-order valence-electron chi connectivity index (χ2n) is 7.81. The smallest absolute Gasteiger partial charge is 0.0594 e. The van der Waals surface area contributed by atoms with Gasteiger partial charge in [-0.05, 0) is 38.5 Å². The van der Waals surface area contributed by atoms with Gasteiger partial charge in [0, 0.05) is 12.6 Å². The van der Waals surface area contributed by atoms with Gasteiger partial charge in [-0.15, -0.1) is 0 Å². The summed E-state index contributed by atoms with van der Waals surface area (Å²) in [5.41, 5.74) is 0. The molecule has 0 aromatic rings. The van der Waals surface area contributed by atoms with E-state index in [1.165, 1.54) is 95.2 Å². The van der Waals surface area contributed by atoms with Crippen molar-refractivity contribution in [1.29, 1.82) is 0 Å². The van der Waals surface area contributed by atoms with Crippen molar-refractivity contribution in [2.24, 2.45) is 0 Å². The average Bonchev–Trinajstić information content (AvgIpc) is 2.61. The predicted molar refractivity (Wildman–Crippen MR) is 122 cm³/mol. The van der Waals surface area contributed by atoms with Gasteiger partial charge in [0.1, 0.15) is 0 Å². The first-order chi connectivity index (χ1) is 11.7. The number of hydrogen-bond donors (Lipinski definition) is 0. The van der Waals surface area contributed by atoms with E-state index < -0.39 is 7.26 Å². The lowest BCUT2D eigenvalue weighted by Crippen LogP contribution is -3.00. The van der Waals surface area contributed by atoms with Crippen molar-refractivity contribution in [1.82, 2.24) is 0 Å². The van der Waals surface area contributed by atoms with E-state index >= 15 is 0 Å². The monoisotopic (exact) mass is 500 g/mol. The summed E-state index contributed by atoms with van der Waals surface area (Å²) >= 11 is 3.53. The van der Waals surface area contributed by atoms with Crippen LogP contribution in [0.25, 0.3) is 0 Å². The van der Waals surface area contributed by atoms with Gasteiger partial charge in [-0.3, -0.25) is 0 Å². The molecule has 154 valence electrons. The highest BCUT2D eigenvalue weighted by atomic mass is 79.9. The molecule has 0 aliphatic rings. The van der Waals surface area contributed by atoms with E-state index in [2.05, 4.69) is 36.7 Å². The van der Waals surface area contributed by atoms with Gasteiger partial charge in [-0.25, -0.2) is 0 Å². The lowest BCUT2D eigenvalue weighted by molar-refractivity contribution is -0.00000538. The molecule has 0 bridgehead atoms. The van der Waals surface area contributed by atoms with Gasteiger partial charge in [0.15, 0.2) is 0 Å². The Bertz CT molecular complexity index is 224. The number of alkyl halides is 1. The van der Waals surface area contributed by atoms with E-state index in [1.807, 2.05) is 0 Å². The zero-order chi connectivity index (χ0) is 17.9. The van der Waals surface area contributed by atoms with Crippen LogP contribution < -0.4 is 17.0 Å². The first kappa shape index (κ1) is 28.6. The molecular formula is C22H47Br2P. The molecule has 0 aliphatic heterocycles. The fourth-order valence-electron chi connectivity index (χ4n) is 3.75. The van der Waals surface area contributed by atoms with Crippen molar-refractivity contribution in [2.75, 3.05) is 30.0 Å². The summed E-state index contributed by atoms with van der Waals surface area (Å²) in [6.07, 6.45) is 26.8. The van der Waals surface area contributed by atoms with Gasteiger partial charge in [0.05, 0.1) is 24.6 Å². The number of halogens is 2. The summed E-state index contributed by atoms with van der Waals surface area (Å²) in [5.74, 6) is 0. The molecule has 0 saturated carbocycles. The Labute approximate surface area is 180 Å². The minimum Gasteiger partial charge on any atom is -1.00 e. The van der Waals surface area contributed by atoms with Crippen molar-refractivity contribution < 1.29 is 17.0 Å². The zero-order valence-corrected chi connectivity index (χ0v) is 21.7. The highest BCUT2D eigenvalue weighted by molar-refractivity contribution is 9.09. The summed E-state index contributed by atoms with van der Waals surface area (Å²) in [5, 5.41) is 1.19. The molecule has 0 spiro atoms. The van der Waals surface area contributed by atoms with Crippen molar-refractivity contribution in [3.63, 3.8) is 0 Å². The van der Waals surface area contributed by atoms with Crippen molar-refractivity contribution >= 4 is 23.2 Å². The lowest BCUT2D eigenvalue weighted by atomic mass is 10.1. The molecule has 0 nitrogen and oxygen atoms in total. The van der Waals surface area contributed by atoms with Crippen LogP contribution in [0.2, 0.25) is 0 Å². The second-order valence-corrected chi connectivity index (χ2v) is 13.1. The van der Waals surface area contributed by atoms with Crippen molar-refractivity contribution in [3.8, 4) is 0 Å². The first-order valence-electron chi connectivity index (χ1n) is 11.2. The maximum absolute atomic E-state index is 3.53. The van der Waals surface area contributed by atoms with Crippen LogP contribution in [0.4, 0.5) is 0 Å². The van der Waals surface area contributed by atoms with Crippen LogP contribution in [0, 0.1) is 0 Å². The van der Waals surface area contributed by atoms with Crippen LogP contribution in [0.1, 0.15) is 111 Å². The van der Waals surface area contributed by atoms with Crippen LogP contribution in [0.5, 0.6) is 0 Å². The molecule has 25 heavy (non-hydrogen) atoms. The fourth-order valence-corrected chi connectivity index (χ4v) is 9.35. The SMILES string of the molecule is CCCC[P+](CCCC)(CCCC)CCCCCCCCCCBr.[Br-]. The molecule has 0 rings (SSSR count). The molecular weight excluding hydrogens is 455 g/mol. The summed E-state index contributed by atoms with van der Waals surface area (Å²) in [6, 6.07) is 0. The standard InChI is InChI=1S/C22H47BrP.BrH/c1-4-7-19-24(20-8-5-2,21-9-6-3)22-17-15-13-11-10-12-14-16-18-23;/h4-22H2,1-3H3;1H/q+1;/p-1. The third-order valence-corrected chi connectivity index (χ3v) is 11.1. The lowest BCUT2D eigenvalue weighted by Gasteiger charge is -2.28. The van der Waals surface area contributed by atoms with E-state index in [4.69, 9.17) is 0 Å². The summed E-state index contributed by atoms with van der Waals surface area (Å²) < 4.78 is 0. The minimum absolute atomic E-state index is 0. The number of rotatable bonds is 19.